The van der Waals surface area contributed by atoms with E-state index in [0.717, 1.165) is 5.56 Å². The lowest BCUT2D eigenvalue weighted by Gasteiger charge is -2.42. The van der Waals surface area contributed by atoms with Crippen LogP contribution in [0.3, 0.4) is 0 Å². The molecular weight excluding hydrogens is 230 g/mol. The molecule has 18 heavy (non-hydrogen) atoms. The molecule has 1 aliphatic heterocycles. The van der Waals surface area contributed by atoms with Crippen LogP contribution in [0.4, 0.5) is 0 Å². The average Bonchev–Trinajstić information content (AvgIpc) is 2.32. The Morgan fingerprint density at radius 1 is 1.44 bits per heavy atom. The first-order chi connectivity index (χ1) is 8.63. The second-order valence-electron chi connectivity index (χ2n) is 4.62. The Labute approximate surface area is 105 Å². The smallest absolute Gasteiger partial charge is 0.305 e. The van der Waals surface area contributed by atoms with Crippen LogP contribution in [0.1, 0.15) is 17.5 Å². The minimum atomic E-state index is -0.788. The van der Waals surface area contributed by atoms with Crippen molar-refractivity contribution in [2.24, 2.45) is 0 Å². The third-order valence-corrected chi connectivity index (χ3v) is 3.17. The van der Waals surface area contributed by atoms with E-state index in [0.29, 0.717) is 25.2 Å². The molecule has 5 heteroatoms. The van der Waals surface area contributed by atoms with E-state index in [1.54, 1.807) is 12.1 Å². The maximum absolute atomic E-state index is 10.8. The van der Waals surface area contributed by atoms with Crippen molar-refractivity contribution in [1.82, 2.24) is 10.6 Å². The fourth-order valence-electron chi connectivity index (χ4n) is 2.02. The van der Waals surface area contributed by atoms with E-state index < -0.39 is 5.97 Å². The van der Waals surface area contributed by atoms with Gasteiger partial charge in [0.15, 0.2) is 0 Å². The molecule has 0 amide bonds. The zero-order valence-electron chi connectivity index (χ0n) is 9.94. The van der Waals surface area contributed by atoms with Gasteiger partial charge >= 0.3 is 5.97 Å². The first-order valence-corrected chi connectivity index (χ1v) is 5.80. The number of nitrogens with one attached hydrogen (secondary N) is 2. The summed E-state index contributed by atoms with van der Waals surface area (Å²) in [6, 6.07) is 9.36. The summed E-state index contributed by atoms with van der Waals surface area (Å²) in [5.41, 5.74) is 1.34. The molecule has 0 atom stereocenters. The van der Waals surface area contributed by atoms with E-state index in [-0.39, 0.29) is 12.0 Å². The summed E-state index contributed by atoms with van der Waals surface area (Å²) in [7, 11) is 0. The van der Waals surface area contributed by atoms with Crippen molar-refractivity contribution in [2.45, 2.75) is 18.5 Å². The van der Waals surface area contributed by atoms with Crippen LogP contribution in [0, 0.1) is 11.3 Å². The Kier molecular flexibility index (Phi) is 3.60. The molecule has 5 nitrogen and oxygen atoms in total. The van der Waals surface area contributed by atoms with Crippen LogP contribution in [0.15, 0.2) is 24.3 Å². The minimum Gasteiger partial charge on any atom is -0.481 e. The maximum Gasteiger partial charge on any atom is 0.305 e. The number of rotatable bonds is 5. The topological polar surface area (TPSA) is 85.2 Å². The van der Waals surface area contributed by atoms with Gasteiger partial charge in [-0.1, -0.05) is 12.1 Å². The van der Waals surface area contributed by atoms with Gasteiger partial charge in [0, 0.05) is 19.6 Å². The highest BCUT2D eigenvalue weighted by molar-refractivity contribution is 5.68. The van der Waals surface area contributed by atoms with Crippen LogP contribution in [0.5, 0.6) is 0 Å². The summed E-state index contributed by atoms with van der Waals surface area (Å²) in [4.78, 5) is 10.8. The lowest BCUT2D eigenvalue weighted by molar-refractivity contribution is -0.139. The molecule has 94 valence electrons. The van der Waals surface area contributed by atoms with Crippen LogP contribution in [-0.4, -0.2) is 29.7 Å². The number of carbonyl (C=O) groups is 1. The van der Waals surface area contributed by atoms with Crippen LogP contribution >= 0.6 is 0 Å². The Hall–Kier alpha value is -1.90. The molecule has 0 bridgehead atoms. The number of hydrogen-bond acceptors (Lipinski definition) is 4. The van der Waals surface area contributed by atoms with Crippen molar-refractivity contribution >= 4 is 5.97 Å². The van der Waals surface area contributed by atoms with E-state index in [1.165, 1.54) is 0 Å². The van der Waals surface area contributed by atoms with Gasteiger partial charge in [-0.25, -0.2) is 0 Å². The zero-order valence-corrected chi connectivity index (χ0v) is 9.94. The molecule has 0 spiro atoms. The molecule has 1 aliphatic rings. The van der Waals surface area contributed by atoms with Gasteiger partial charge in [-0.2, -0.15) is 5.26 Å². The molecule has 0 aliphatic carbocycles. The van der Waals surface area contributed by atoms with E-state index in [9.17, 15) is 4.79 Å². The number of carboxylic acid groups (broad SMARTS) is 1. The van der Waals surface area contributed by atoms with Crippen LogP contribution in [0.2, 0.25) is 0 Å². The highest BCUT2D eigenvalue weighted by Gasteiger charge is 2.38. The zero-order chi connectivity index (χ0) is 13.0. The van der Waals surface area contributed by atoms with Gasteiger partial charge in [0.05, 0.1) is 23.6 Å². The molecular formula is C13H15N3O2. The largest absolute Gasteiger partial charge is 0.481 e. The number of nitriles is 1. The third kappa shape index (κ3) is 2.86. The second-order valence-corrected chi connectivity index (χ2v) is 4.62. The fourth-order valence-corrected chi connectivity index (χ4v) is 2.02. The lowest BCUT2D eigenvalue weighted by Crippen LogP contribution is -2.68. The Morgan fingerprint density at radius 3 is 2.56 bits per heavy atom. The van der Waals surface area contributed by atoms with Gasteiger partial charge in [-0.05, 0) is 17.7 Å². The first kappa shape index (κ1) is 12.6. The van der Waals surface area contributed by atoms with E-state index in [4.69, 9.17) is 10.4 Å². The number of benzene rings is 1. The fraction of sp³-hybridized carbons (Fsp3) is 0.385. The maximum atomic E-state index is 10.8. The summed E-state index contributed by atoms with van der Waals surface area (Å²) in [6.07, 6.45) is 0.121. The number of hydrogen-bond donors (Lipinski definition) is 3. The van der Waals surface area contributed by atoms with E-state index >= 15 is 0 Å². The monoisotopic (exact) mass is 245 g/mol. The van der Waals surface area contributed by atoms with Gasteiger partial charge in [-0.3, -0.25) is 4.79 Å². The van der Waals surface area contributed by atoms with Gasteiger partial charge in [0.2, 0.25) is 0 Å². The Balaban J connectivity index is 1.93. The van der Waals surface area contributed by atoms with Gasteiger partial charge < -0.3 is 15.7 Å². The highest BCUT2D eigenvalue weighted by atomic mass is 16.4. The quantitative estimate of drug-likeness (QED) is 0.702. The van der Waals surface area contributed by atoms with Crippen molar-refractivity contribution in [3.05, 3.63) is 35.4 Å². The Morgan fingerprint density at radius 2 is 2.11 bits per heavy atom. The summed E-state index contributed by atoms with van der Waals surface area (Å²) in [6.45, 7) is 1.96. The van der Waals surface area contributed by atoms with Crippen LogP contribution < -0.4 is 10.6 Å². The molecule has 1 heterocycles. The summed E-state index contributed by atoms with van der Waals surface area (Å²) in [5.74, 6) is -0.788. The third-order valence-electron chi connectivity index (χ3n) is 3.17. The second kappa shape index (κ2) is 5.17. The van der Waals surface area contributed by atoms with Crippen LogP contribution in [0.25, 0.3) is 0 Å². The predicted molar refractivity (Wildman–Crippen MR) is 65.9 cm³/mol. The predicted octanol–water partition coefficient (Wildman–Crippen LogP) is 0.465. The SMILES string of the molecule is N#Cc1ccc(CNC2(CC(=O)O)CNC2)cc1. The van der Waals surface area contributed by atoms with Gasteiger partial charge in [0.25, 0.3) is 0 Å². The lowest BCUT2D eigenvalue weighted by atomic mass is 9.88. The molecule has 2 rings (SSSR count). The summed E-state index contributed by atoms with van der Waals surface area (Å²) >= 11 is 0. The highest BCUT2D eigenvalue weighted by Crippen LogP contribution is 2.17. The molecule has 0 aromatic heterocycles. The number of nitrogens with zero attached hydrogens (tertiary/aromatic N) is 1. The van der Waals surface area contributed by atoms with Crippen molar-refractivity contribution in [3.63, 3.8) is 0 Å². The molecule has 1 fully saturated rings. The van der Waals surface area contributed by atoms with Gasteiger partial charge in [-0.15, -0.1) is 0 Å². The molecule has 0 radical (unpaired) electrons. The first-order valence-electron chi connectivity index (χ1n) is 5.80. The van der Waals surface area contributed by atoms with E-state index in [2.05, 4.69) is 16.7 Å². The molecule has 1 aromatic carbocycles. The summed E-state index contributed by atoms with van der Waals surface area (Å²) in [5, 5.41) is 24.0. The standard InChI is InChI=1S/C13H15N3O2/c14-6-10-1-3-11(4-2-10)7-16-13(5-12(17)18)8-15-9-13/h1-4,15-16H,5,7-9H2,(H,17,18). The molecule has 0 saturated carbocycles. The number of aliphatic carboxylic acids is 1. The van der Waals surface area contributed by atoms with Crippen molar-refractivity contribution in [1.29, 1.82) is 5.26 Å². The van der Waals surface area contributed by atoms with Crippen molar-refractivity contribution in [3.8, 4) is 6.07 Å². The molecule has 1 saturated heterocycles. The minimum absolute atomic E-state index is 0.121. The van der Waals surface area contributed by atoms with E-state index in [1.807, 2.05) is 12.1 Å². The Bertz CT molecular complexity index is 472. The number of carboxylic acids is 1. The normalized spacial score (nSPS) is 16.6. The van der Waals surface area contributed by atoms with Crippen molar-refractivity contribution in [2.75, 3.05) is 13.1 Å². The van der Waals surface area contributed by atoms with Crippen LogP contribution in [-0.2, 0) is 11.3 Å². The molecule has 3 N–H and O–H groups in total. The molecule has 0 unspecified atom stereocenters. The molecule has 1 aromatic rings. The average molecular weight is 245 g/mol. The summed E-state index contributed by atoms with van der Waals surface area (Å²) < 4.78 is 0. The van der Waals surface area contributed by atoms with Gasteiger partial charge in [0.1, 0.15) is 0 Å². The van der Waals surface area contributed by atoms with Crippen molar-refractivity contribution < 1.29 is 9.90 Å².